The second-order valence-corrected chi connectivity index (χ2v) is 7.60. The number of rotatable bonds is 5. The van der Waals surface area contributed by atoms with Gasteiger partial charge in [0.25, 0.3) is 10.0 Å². The maximum atomic E-state index is 13.1. The molecule has 6 heteroatoms. The summed E-state index contributed by atoms with van der Waals surface area (Å²) in [5, 5.41) is -0.159. The molecule has 3 aromatic carbocycles. The van der Waals surface area contributed by atoms with Crippen LogP contribution in [-0.2, 0) is 16.4 Å². The molecule has 0 heterocycles. The smallest absolute Gasteiger partial charge is 0.263 e. The van der Waals surface area contributed by atoms with Crippen LogP contribution in [0.1, 0.15) is 11.1 Å². The van der Waals surface area contributed by atoms with Gasteiger partial charge in [-0.1, -0.05) is 54.1 Å². The van der Waals surface area contributed by atoms with E-state index in [1.807, 2.05) is 42.5 Å². The van der Waals surface area contributed by atoms with Crippen LogP contribution in [0.25, 0.3) is 0 Å². The highest BCUT2D eigenvalue weighted by atomic mass is 35.5. The van der Waals surface area contributed by atoms with Crippen LogP contribution in [0.5, 0.6) is 0 Å². The van der Waals surface area contributed by atoms with Crippen LogP contribution < -0.4 is 4.72 Å². The van der Waals surface area contributed by atoms with Gasteiger partial charge in [-0.3, -0.25) is 4.72 Å². The van der Waals surface area contributed by atoms with Gasteiger partial charge >= 0.3 is 0 Å². The molecule has 0 saturated carbocycles. The lowest BCUT2D eigenvalue weighted by atomic mass is 10.1. The molecule has 128 valence electrons. The summed E-state index contributed by atoms with van der Waals surface area (Å²) in [4.78, 5) is -0.163. The van der Waals surface area contributed by atoms with Gasteiger partial charge in [0, 0.05) is 5.69 Å². The van der Waals surface area contributed by atoms with Crippen molar-refractivity contribution >= 4 is 27.3 Å². The number of hydrogen-bond acceptors (Lipinski definition) is 2. The minimum Gasteiger partial charge on any atom is -0.280 e. The Hall–Kier alpha value is -2.37. The maximum Gasteiger partial charge on any atom is 0.263 e. The summed E-state index contributed by atoms with van der Waals surface area (Å²) in [6.07, 6.45) is 0.762. The van der Waals surface area contributed by atoms with E-state index in [9.17, 15) is 12.8 Å². The summed E-state index contributed by atoms with van der Waals surface area (Å²) >= 11 is 5.84. The lowest BCUT2D eigenvalue weighted by molar-refractivity contribution is 0.600. The van der Waals surface area contributed by atoms with Crippen LogP contribution in [0.3, 0.4) is 0 Å². The number of sulfonamides is 1. The highest BCUT2D eigenvalue weighted by Gasteiger charge is 2.18. The van der Waals surface area contributed by atoms with Gasteiger partial charge in [0.1, 0.15) is 10.7 Å². The van der Waals surface area contributed by atoms with E-state index >= 15 is 0 Å². The van der Waals surface area contributed by atoms with E-state index in [-0.39, 0.29) is 9.92 Å². The standard InChI is InChI=1S/C19H15ClFNO2S/c20-18-13-16(21)8-11-19(18)25(23,24)22-17-9-6-15(7-10-17)12-14-4-2-1-3-5-14/h1-11,13,22H,12H2. The van der Waals surface area contributed by atoms with Crippen molar-refractivity contribution in [3.8, 4) is 0 Å². The molecule has 1 N–H and O–H groups in total. The molecule has 0 fully saturated rings. The zero-order chi connectivity index (χ0) is 17.9. The molecule has 0 radical (unpaired) electrons. The topological polar surface area (TPSA) is 46.2 Å². The van der Waals surface area contributed by atoms with E-state index in [1.54, 1.807) is 12.1 Å². The molecule has 0 aliphatic rings. The second-order valence-electron chi connectivity index (χ2n) is 5.54. The van der Waals surface area contributed by atoms with Crippen molar-refractivity contribution in [2.45, 2.75) is 11.3 Å². The van der Waals surface area contributed by atoms with E-state index in [0.29, 0.717) is 5.69 Å². The van der Waals surface area contributed by atoms with Crippen molar-refractivity contribution in [1.29, 1.82) is 0 Å². The van der Waals surface area contributed by atoms with Crippen molar-refractivity contribution < 1.29 is 12.8 Å². The van der Waals surface area contributed by atoms with Gasteiger partial charge in [-0.25, -0.2) is 12.8 Å². The van der Waals surface area contributed by atoms with E-state index < -0.39 is 15.8 Å². The molecule has 0 amide bonds. The summed E-state index contributed by atoms with van der Waals surface area (Å²) in [5.41, 5.74) is 2.65. The molecule has 0 atom stereocenters. The lowest BCUT2D eigenvalue weighted by Crippen LogP contribution is -2.13. The first-order chi connectivity index (χ1) is 11.9. The Kier molecular flexibility index (Phi) is 5.06. The summed E-state index contributed by atoms with van der Waals surface area (Å²) in [7, 11) is -3.88. The quantitative estimate of drug-likeness (QED) is 0.691. The Morgan fingerprint density at radius 1 is 0.880 bits per heavy atom. The zero-order valence-electron chi connectivity index (χ0n) is 13.1. The minimum absolute atomic E-state index is 0.159. The van der Waals surface area contributed by atoms with Gasteiger partial charge in [-0.05, 0) is 47.9 Å². The zero-order valence-corrected chi connectivity index (χ0v) is 14.7. The average Bonchev–Trinajstić information content (AvgIpc) is 2.57. The fourth-order valence-corrected chi connectivity index (χ4v) is 4.02. The molecule has 0 bridgehead atoms. The van der Waals surface area contributed by atoms with E-state index in [0.717, 1.165) is 30.2 Å². The van der Waals surface area contributed by atoms with Gasteiger partial charge in [0.05, 0.1) is 5.02 Å². The molecule has 0 unspecified atom stereocenters. The number of hydrogen-bond donors (Lipinski definition) is 1. The Labute approximate surface area is 151 Å². The molecule has 3 rings (SSSR count). The molecule has 0 spiro atoms. The van der Waals surface area contributed by atoms with Gasteiger partial charge in [0.2, 0.25) is 0 Å². The molecule has 0 aromatic heterocycles. The molecule has 3 aromatic rings. The third kappa shape index (κ3) is 4.38. The monoisotopic (exact) mass is 375 g/mol. The first-order valence-electron chi connectivity index (χ1n) is 7.55. The number of nitrogens with one attached hydrogen (secondary N) is 1. The van der Waals surface area contributed by atoms with Crippen LogP contribution >= 0.6 is 11.6 Å². The van der Waals surface area contributed by atoms with E-state index in [2.05, 4.69) is 4.72 Å². The van der Waals surface area contributed by atoms with Crippen molar-refractivity contribution in [1.82, 2.24) is 0 Å². The average molecular weight is 376 g/mol. The second kappa shape index (κ2) is 7.25. The highest BCUT2D eigenvalue weighted by molar-refractivity contribution is 7.92. The number of benzene rings is 3. The highest BCUT2D eigenvalue weighted by Crippen LogP contribution is 2.25. The number of anilines is 1. The molecular weight excluding hydrogens is 361 g/mol. The van der Waals surface area contributed by atoms with Gasteiger partial charge in [-0.2, -0.15) is 0 Å². The fraction of sp³-hybridized carbons (Fsp3) is 0.0526. The maximum absolute atomic E-state index is 13.1. The normalized spacial score (nSPS) is 11.3. The molecule has 3 nitrogen and oxygen atoms in total. The van der Waals surface area contributed by atoms with Crippen LogP contribution in [0.15, 0.2) is 77.7 Å². The van der Waals surface area contributed by atoms with Gasteiger partial charge < -0.3 is 0 Å². The first-order valence-corrected chi connectivity index (χ1v) is 9.41. The summed E-state index contributed by atoms with van der Waals surface area (Å²) in [5.74, 6) is -0.589. The number of halogens is 2. The molecule has 25 heavy (non-hydrogen) atoms. The summed E-state index contributed by atoms with van der Waals surface area (Å²) in [6.45, 7) is 0. The third-order valence-corrected chi connectivity index (χ3v) is 5.50. The molecule has 0 aliphatic heterocycles. The molecule has 0 saturated heterocycles. The minimum atomic E-state index is -3.88. The van der Waals surface area contributed by atoms with Crippen LogP contribution in [0.2, 0.25) is 5.02 Å². The largest absolute Gasteiger partial charge is 0.280 e. The Balaban J connectivity index is 1.76. The van der Waals surface area contributed by atoms with E-state index in [4.69, 9.17) is 11.6 Å². The predicted octanol–water partition coefficient (Wildman–Crippen LogP) is 4.87. The first kappa shape index (κ1) is 17.5. The van der Waals surface area contributed by atoms with Gasteiger partial charge in [0.15, 0.2) is 0 Å². The lowest BCUT2D eigenvalue weighted by Gasteiger charge is -2.10. The predicted molar refractivity (Wildman–Crippen MR) is 97.9 cm³/mol. The Bertz CT molecular complexity index is 974. The van der Waals surface area contributed by atoms with E-state index in [1.165, 1.54) is 5.56 Å². The fourth-order valence-electron chi connectivity index (χ4n) is 2.43. The SMILES string of the molecule is O=S(=O)(Nc1ccc(Cc2ccccc2)cc1)c1ccc(F)cc1Cl. The van der Waals surface area contributed by atoms with Gasteiger partial charge in [-0.15, -0.1) is 0 Å². The van der Waals surface area contributed by atoms with Crippen LogP contribution in [0.4, 0.5) is 10.1 Å². The van der Waals surface area contributed by atoms with Crippen molar-refractivity contribution in [3.63, 3.8) is 0 Å². The summed E-state index contributed by atoms with van der Waals surface area (Å²) < 4.78 is 40.3. The Morgan fingerprint density at radius 3 is 2.16 bits per heavy atom. The summed E-state index contributed by atoms with van der Waals surface area (Å²) in [6, 6.07) is 20.2. The Morgan fingerprint density at radius 2 is 1.52 bits per heavy atom. The van der Waals surface area contributed by atoms with Crippen LogP contribution in [-0.4, -0.2) is 8.42 Å². The molecule has 0 aliphatic carbocycles. The van der Waals surface area contributed by atoms with Crippen molar-refractivity contribution in [2.75, 3.05) is 4.72 Å². The third-order valence-electron chi connectivity index (χ3n) is 3.64. The van der Waals surface area contributed by atoms with Crippen LogP contribution in [0, 0.1) is 5.82 Å². The van der Waals surface area contributed by atoms with Crippen molar-refractivity contribution in [2.24, 2.45) is 0 Å². The van der Waals surface area contributed by atoms with Crippen molar-refractivity contribution in [3.05, 3.63) is 94.8 Å². The molecular formula is C19H15ClFNO2S.